The third-order valence-corrected chi connectivity index (χ3v) is 6.90. The first-order valence-electron chi connectivity index (χ1n) is 8.89. The minimum atomic E-state index is -0.0941. The highest BCUT2D eigenvalue weighted by Gasteiger charge is 2.23. The van der Waals surface area contributed by atoms with Crippen LogP contribution in [0, 0.1) is 5.92 Å². The van der Waals surface area contributed by atoms with Crippen LogP contribution in [0.1, 0.15) is 34.1 Å². The molecule has 1 aromatic carbocycles. The zero-order valence-electron chi connectivity index (χ0n) is 15.2. The number of methoxy groups -OCH3 is 1. The van der Waals surface area contributed by atoms with Gasteiger partial charge in [-0.3, -0.25) is 9.59 Å². The summed E-state index contributed by atoms with van der Waals surface area (Å²) in [6.07, 6.45) is 3.08. The number of aryl methyl sites for hydroxylation is 1. The van der Waals surface area contributed by atoms with E-state index in [4.69, 9.17) is 4.74 Å². The molecular weight excluding hydrogens is 380 g/mol. The lowest BCUT2D eigenvalue weighted by Crippen LogP contribution is -2.13. The lowest BCUT2D eigenvalue weighted by Gasteiger charge is -2.17. The first-order valence-corrected chi connectivity index (χ1v) is 10.7. The summed E-state index contributed by atoms with van der Waals surface area (Å²) in [5, 5.41) is 1.24. The molecule has 0 saturated heterocycles. The van der Waals surface area contributed by atoms with Gasteiger partial charge < -0.3 is 9.72 Å². The summed E-state index contributed by atoms with van der Waals surface area (Å²) < 4.78 is 5.16. The zero-order valence-corrected chi connectivity index (χ0v) is 16.8. The highest BCUT2D eigenvalue weighted by atomic mass is 32.2. The predicted molar refractivity (Wildman–Crippen MR) is 109 cm³/mol. The van der Waals surface area contributed by atoms with Crippen molar-refractivity contribution in [1.29, 1.82) is 0 Å². The van der Waals surface area contributed by atoms with Crippen molar-refractivity contribution in [2.75, 3.05) is 12.9 Å². The zero-order chi connectivity index (χ0) is 19.0. The number of ketones is 1. The number of thioether (sulfide) groups is 1. The summed E-state index contributed by atoms with van der Waals surface area (Å²) in [7, 11) is 1.57. The van der Waals surface area contributed by atoms with Crippen LogP contribution < -0.4 is 10.3 Å². The van der Waals surface area contributed by atoms with Crippen LogP contribution >= 0.6 is 23.1 Å². The normalized spacial score (nSPS) is 16.3. The second kappa shape index (κ2) is 7.48. The van der Waals surface area contributed by atoms with Crippen molar-refractivity contribution in [3.63, 3.8) is 0 Å². The van der Waals surface area contributed by atoms with Crippen LogP contribution in [0.3, 0.4) is 0 Å². The van der Waals surface area contributed by atoms with E-state index in [2.05, 4.69) is 16.9 Å². The molecule has 7 heteroatoms. The smallest absolute Gasteiger partial charge is 0.260 e. The number of aromatic nitrogens is 2. The van der Waals surface area contributed by atoms with Gasteiger partial charge >= 0.3 is 0 Å². The van der Waals surface area contributed by atoms with Crippen molar-refractivity contribution in [2.24, 2.45) is 5.92 Å². The van der Waals surface area contributed by atoms with Gasteiger partial charge in [0.05, 0.1) is 18.2 Å². The quantitative estimate of drug-likeness (QED) is 0.397. The molecule has 27 heavy (non-hydrogen) atoms. The summed E-state index contributed by atoms with van der Waals surface area (Å²) in [5.74, 6) is 1.49. The van der Waals surface area contributed by atoms with E-state index in [1.54, 1.807) is 42.7 Å². The molecule has 3 aromatic rings. The fourth-order valence-electron chi connectivity index (χ4n) is 3.41. The van der Waals surface area contributed by atoms with Crippen molar-refractivity contribution in [3.8, 4) is 5.75 Å². The number of carbonyl (C=O) groups excluding carboxylic acids is 1. The van der Waals surface area contributed by atoms with Gasteiger partial charge in [-0.15, -0.1) is 11.3 Å². The number of nitrogens with zero attached hydrogens (tertiary/aromatic N) is 1. The van der Waals surface area contributed by atoms with E-state index in [-0.39, 0.29) is 17.1 Å². The molecule has 1 N–H and O–H groups in total. The highest BCUT2D eigenvalue weighted by molar-refractivity contribution is 7.99. The summed E-state index contributed by atoms with van der Waals surface area (Å²) in [6, 6.07) is 7.08. The van der Waals surface area contributed by atoms with Gasteiger partial charge in [0.15, 0.2) is 10.9 Å². The minimum absolute atomic E-state index is 0.0269. The molecule has 2 heterocycles. The molecule has 1 atom stereocenters. The molecule has 0 amide bonds. The first kappa shape index (κ1) is 18.3. The lowest BCUT2D eigenvalue weighted by atomic mass is 9.89. The Bertz CT molecular complexity index is 1070. The van der Waals surface area contributed by atoms with Gasteiger partial charge in [0.2, 0.25) is 0 Å². The van der Waals surface area contributed by atoms with Crippen LogP contribution in [-0.2, 0) is 12.8 Å². The van der Waals surface area contributed by atoms with E-state index in [9.17, 15) is 9.59 Å². The van der Waals surface area contributed by atoms with Crippen LogP contribution in [0.4, 0.5) is 0 Å². The SMILES string of the molecule is COc1cccc(C(=O)CSc2nc3sc4c(c3c(=O)[nH]2)CCC(C)C4)c1. The number of aromatic amines is 1. The van der Waals surface area contributed by atoms with E-state index < -0.39 is 0 Å². The minimum Gasteiger partial charge on any atom is -0.497 e. The maximum Gasteiger partial charge on any atom is 0.260 e. The van der Waals surface area contributed by atoms with E-state index in [1.165, 1.54) is 22.2 Å². The number of hydrogen-bond donors (Lipinski definition) is 1. The maximum atomic E-state index is 12.6. The van der Waals surface area contributed by atoms with Gasteiger partial charge in [0, 0.05) is 10.4 Å². The fourth-order valence-corrected chi connectivity index (χ4v) is 5.61. The number of H-pyrrole nitrogens is 1. The van der Waals surface area contributed by atoms with Crippen molar-refractivity contribution in [1.82, 2.24) is 9.97 Å². The van der Waals surface area contributed by atoms with Gasteiger partial charge in [-0.25, -0.2) is 4.98 Å². The van der Waals surface area contributed by atoms with Gasteiger partial charge in [0.25, 0.3) is 5.56 Å². The summed E-state index contributed by atoms with van der Waals surface area (Å²) in [5.41, 5.74) is 1.67. The van der Waals surface area contributed by atoms with Gasteiger partial charge in [0.1, 0.15) is 10.6 Å². The average Bonchev–Trinajstić information content (AvgIpc) is 3.03. The van der Waals surface area contributed by atoms with E-state index in [1.807, 2.05) is 0 Å². The molecule has 0 radical (unpaired) electrons. The molecule has 0 fully saturated rings. The number of Topliss-reactive ketones (excluding diaryl/α,β-unsaturated/α-hetero) is 1. The number of thiophene rings is 1. The predicted octanol–water partition coefficient (Wildman–Crippen LogP) is 4.09. The molecule has 0 saturated carbocycles. The van der Waals surface area contributed by atoms with Crippen molar-refractivity contribution >= 4 is 39.1 Å². The monoisotopic (exact) mass is 400 g/mol. The van der Waals surface area contributed by atoms with Crippen LogP contribution in [0.15, 0.2) is 34.2 Å². The number of rotatable bonds is 5. The van der Waals surface area contributed by atoms with Crippen LogP contribution in [0.5, 0.6) is 5.75 Å². The number of ether oxygens (including phenoxy) is 1. The summed E-state index contributed by atoms with van der Waals surface area (Å²) in [6.45, 7) is 2.25. The highest BCUT2D eigenvalue weighted by Crippen LogP contribution is 2.36. The van der Waals surface area contributed by atoms with Crippen molar-refractivity contribution < 1.29 is 9.53 Å². The number of fused-ring (bicyclic) bond motifs is 3. The third kappa shape index (κ3) is 3.66. The molecule has 140 valence electrons. The van der Waals surface area contributed by atoms with Crippen LogP contribution in [0.2, 0.25) is 0 Å². The number of benzene rings is 1. The molecule has 1 unspecified atom stereocenters. The second-order valence-corrected chi connectivity index (χ2v) is 8.89. The Morgan fingerprint density at radius 3 is 3.11 bits per heavy atom. The molecule has 1 aliphatic carbocycles. The van der Waals surface area contributed by atoms with Crippen molar-refractivity contribution in [3.05, 3.63) is 50.6 Å². The Hall–Kier alpha value is -2.12. The van der Waals surface area contributed by atoms with Gasteiger partial charge in [-0.2, -0.15) is 0 Å². The standard InChI is InChI=1S/C20H20N2O3S2/c1-11-6-7-14-16(8-11)27-19-17(14)18(24)21-20(22-19)26-10-15(23)12-4-3-5-13(9-12)25-2/h3-5,9,11H,6-8,10H2,1-2H3,(H,21,22,24). The largest absolute Gasteiger partial charge is 0.497 e. The summed E-state index contributed by atoms with van der Waals surface area (Å²) >= 11 is 2.88. The summed E-state index contributed by atoms with van der Waals surface area (Å²) in [4.78, 5) is 34.6. The molecule has 0 bridgehead atoms. The Morgan fingerprint density at radius 1 is 1.44 bits per heavy atom. The number of hydrogen-bond acceptors (Lipinski definition) is 6. The molecule has 0 aliphatic heterocycles. The lowest BCUT2D eigenvalue weighted by molar-refractivity contribution is 0.102. The van der Waals surface area contributed by atoms with Crippen LogP contribution in [0.25, 0.3) is 10.2 Å². The van der Waals surface area contributed by atoms with E-state index in [0.717, 1.165) is 29.5 Å². The van der Waals surface area contributed by atoms with Crippen molar-refractivity contribution in [2.45, 2.75) is 31.3 Å². The molecular formula is C20H20N2O3S2. The topological polar surface area (TPSA) is 72.0 Å². The number of carbonyl (C=O) groups is 1. The molecule has 5 nitrogen and oxygen atoms in total. The molecule has 2 aromatic heterocycles. The second-order valence-electron chi connectivity index (χ2n) is 6.85. The molecule has 4 rings (SSSR count). The van der Waals surface area contributed by atoms with Gasteiger partial charge in [-0.05, 0) is 42.9 Å². The Balaban J connectivity index is 1.56. The van der Waals surface area contributed by atoms with Gasteiger partial charge in [-0.1, -0.05) is 30.8 Å². The Labute approximate surface area is 165 Å². The molecule has 0 spiro atoms. The number of nitrogens with one attached hydrogen (secondary N) is 1. The van der Waals surface area contributed by atoms with Crippen LogP contribution in [-0.4, -0.2) is 28.6 Å². The third-order valence-electron chi connectivity index (χ3n) is 4.88. The van der Waals surface area contributed by atoms with E-state index in [0.29, 0.717) is 22.4 Å². The molecule has 1 aliphatic rings. The first-order chi connectivity index (χ1) is 13.0. The Kier molecular flexibility index (Phi) is 5.06. The average molecular weight is 401 g/mol. The fraction of sp³-hybridized carbons (Fsp3) is 0.350. The Morgan fingerprint density at radius 2 is 2.30 bits per heavy atom. The van der Waals surface area contributed by atoms with E-state index >= 15 is 0 Å². The maximum absolute atomic E-state index is 12.6.